The van der Waals surface area contributed by atoms with Crippen LogP contribution in [0.25, 0.3) is 0 Å². The fourth-order valence-electron chi connectivity index (χ4n) is 4.07. The third-order valence-electron chi connectivity index (χ3n) is 5.56. The molecule has 0 aromatic carbocycles. The topological polar surface area (TPSA) is 57.7 Å². The Morgan fingerprint density at radius 1 is 1.04 bits per heavy atom. The maximum Gasteiger partial charge on any atom is 0.227 e. The number of hydrogen-bond acceptors (Lipinski definition) is 3. The Balaban J connectivity index is 1.97. The Kier molecular flexibility index (Phi) is 7.54. The number of carbonyl (C=O) groups excluding carboxylic acids is 1. The summed E-state index contributed by atoms with van der Waals surface area (Å²) in [7, 11) is -1.27. The van der Waals surface area contributed by atoms with Crippen LogP contribution in [0.1, 0.15) is 71.1 Å². The Morgan fingerprint density at radius 2 is 1.67 bits per heavy atom. The first-order valence-corrected chi connectivity index (χ1v) is 11.3. The van der Waals surface area contributed by atoms with Crippen molar-refractivity contribution in [2.45, 2.75) is 77.2 Å². The summed E-state index contributed by atoms with van der Waals surface area (Å²) in [4.78, 5) is 14.9. The Hall–Kier alpha value is -0.620. The zero-order chi connectivity index (χ0) is 17.6. The molecule has 1 atom stereocenters. The van der Waals surface area contributed by atoms with E-state index in [1.807, 2.05) is 18.9 Å². The van der Waals surface area contributed by atoms with E-state index < -0.39 is 10.0 Å². The molecule has 1 amide bonds. The summed E-state index contributed by atoms with van der Waals surface area (Å²) in [6.07, 6.45) is 10.7. The lowest BCUT2D eigenvalue weighted by Gasteiger charge is -2.36. The van der Waals surface area contributed by atoms with Crippen LogP contribution in [0.3, 0.4) is 0 Å². The van der Waals surface area contributed by atoms with Crippen LogP contribution in [0.2, 0.25) is 0 Å². The van der Waals surface area contributed by atoms with Crippen LogP contribution in [-0.4, -0.2) is 55.5 Å². The van der Waals surface area contributed by atoms with Gasteiger partial charge in [-0.1, -0.05) is 39.0 Å². The van der Waals surface area contributed by atoms with Crippen molar-refractivity contribution in [3.05, 3.63) is 0 Å². The van der Waals surface area contributed by atoms with Crippen LogP contribution >= 0.6 is 0 Å². The molecule has 1 aliphatic heterocycles. The predicted octanol–water partition coefficient (Wildman–Crippen LogP) is 3.01. The summed E-state index contributed by atoms with van der Waals surface area (Å²) in [6, 6.07) is 0.334. The SMILES string of the molecule is CCCS(=O)(=O)N1CCCC(C(=O)N(C)C2CCCCCCC2)C1. The first kappa shape index (κ1) is 19.7. The summed E-state index contributed by atoms with van der Waals surface area (Å²) >= 11 is 0. The highest BCUT2D eigenvalue weighted by molar-refractivity contribution is 7.89. The summed E-state index contributed by atoms with van der Waals surface area (Å²) in [5.74, 6) is 0.171. The van der Waals surface area contributed by atoms with Crippen molar-refractivity contribution >= 4 is 15.9 Å². The minimum absolute atomic E-state index is 0.150. The fraction of sp³-hybridized carbons (Fsp3) is 0.944. The van der Waals surface area contributed by atoms with Crippen LogP contribution in [0, 0.1) is 5.92 Å². The van der Waals surface area contributed by atoms with E-state index in [0.29, 0.717) is 25.6 Å². The van der Waals surface area contributed by atoms with E-state index in [1.165, 1.54) is 32.1 Å². The second-order valence-corrected chi connectivity index (χ2v) is 9.55. The molecule has 0 radical (unpaired) electrons. The van der Waals surface area contributed by atoms with Crippen molar-refractivity contribution in [1.29, 1.82) is 0 Å². The van der Waals surface area contributed by atoms with E-state index in [0.717, 1.165) is 25.7 Å². The molecule has 0 aromatic heterocycles. The molecule has 6 heteroatoms. The van der Waals surface area contributed by atoms with Gasteiger partial charge in [0.05, 0.1) is 11.7 Å². The van der Waals surface area contributed by atoms with Gasteiger partial charge in [0.25, 0.3) is 0 Å². The van der Waals surface area contributed by atoms with Crippen molar-refractivity contribution in [2.75, 3.05) is 25.9 Å². The predicted molar refractivity (Wildman–Crippen MR) is 97.3 cm³/mol. The summed E-state index contributed by atoms with van der Waals surface area (Å²) in [6.45, 7) is 2.82. The molecule has 1 saturated heterocycles. The Morgan fingerprint density at radius 3 is 2.29 bits per heavy atom. The first-order chi connectivity index (χ1) is 11.5. The number of nitrogens with zero attached hydrogens (tertiary/aromatic N) is 2. The van der Waals surface area contributed by atoms with E-state index >= 15 is 0 Å². The molecule has 24 heavy (non-hydrogen) atoms. The molecule has 0 bridgehead atoms. The standard InChI is InChI=1S/C18H34N2O3S/c1-3-14-24(22,23)20-13-9-10-16(15-20)18(21)19(2)17-11-7-5-4-6-8-12-17/h16-17H,3-15H2,1-2H3. The summed E-state index contributed by atoms with van der Waals surface area (Å²) in [5, 5.41) is 0. The fourth-order valence-corrected chi connectivity index (χ4v) is 5.66. The van der Waals surface area contributed by atoms with Gasteiger partial charge < -0.3 is 4.90 Å². The molecule has 140 valence electrons. The zero-order valence-electron chi connectivity index (χ0n) is 15.4. The number of sulfonamides is 1. The first-order valence-electron chi connectivity index (χ1n) is 9.70. The lowest BCUT2D eigenvalue weighted by molar-refractivity contribution is -0.137. The molecular weight excluding hydrogens is 324 g/mol. The number of hydrogen-bond donors (Lipinski definition) is 0. The second kappa shape index (κ2) is 9.18. The number of carbonyl (C=O) groups is 1. The molecule has 0 aromatic rings. The number of piperidine rings is 1. The molecule has 2 fully saturated rings. The minimum Gasteiger partial charge on any atom is -0.342 e. The average Bonchev–Trinajstić information content (AvgIpc) is 2.53. The van der Waals surface area contributed by atoms with Gasteiger partial charge in [-0.15, -0.1) is 0 Å². The molecule has 1 aliphatic carbocycles. The quantitative estimate of drug-likeness (QED) is 0.759. The Bertz CT molecular complexity index is 498. The highest BCUT2D eigenvalue weighted by Crippen LogP contribution is 2.25. The average molecular weight is 359 g/mol. The molecule has 0 N–H and O–H groups in total. The number of rotatable bonds is 5. The summed E-state index contributed by atoms with van der Waals surface area (Å²) in [5.41, 5.74) is 0. The smallest absolute Gasteiger partial charge is 0.227 e. The third kappa shape index (κ3) is 5.19. The van der Waals surface area contributed by atoms with Gasteiger partial charge in [0, 0.05) is 26.2 Å². The maximum atomic E-state index is 12.9. The molecule has 2 aliphatic rings. The van der Waals surface area contributed by atoms with Gasteiger partial charge in [0.1, 0.15) is 0 Å². The van der Waals surface area contributed by atoms with Gasteiger partial charge in [0.15, 0.2) is 0 Å². The van der Waals surface area contributed by atoms with Crippen molar-refractivity contribution in [3.8, 4) is 0 Å². The minimum atomic E-state index is -3.20. The lowest BCUT2D eigenvalue weighted by Crippen LogP contribution is -2.48. The molecule has 0 spiro atoms. The monoisotopic (exact) mass is 358 g/mol. The molecule has 2 rings (SSSR count). The van der Waals surface area contributed by atoms with Crippen molar-refractivity contribution < 1.29 is 13.2 Å². The molecular formula is C18H34N2O3S. The lowest BCUT2D eigenvalue weighted by atomic mass is 9.93. The second-order valence-electron chi connectivity index (χ2n) is 7.46. The molecule has 1 saturated carbocycles. The molecule has 1 unspecified atom stereocenters. The van der Waals surface area contributed by atoms with Crippen LogP contribution in [0.5, 0.6) is 0 Å². The van der Waals surface area contributed by atoms with Gasteiger partial charge in [-0.2, -0.15) is 0 Å². The summed E-state index contributed by atoms with van der Waals surface area (Å²) < 4.78 is 26.2. The van der Waals surface area contributed by atoms with E-state index in [1.54, 1.807) is 4.31 Å². The Labute approximate surface area is 147 Å². The van der Waals surface area contributed by atoms with Crippen LogP contribution in [0.4, 0.5) is 0 Å². The highest BCUT2D eigenvalue weighted by Gasteiger charge is 2.34. The maximum absolute atomic E-state index is 12.9. The van der Waals surface area contributed by atoms with Crippen molar-refractivity contribution in [2.24, 2.45) is 5.92 Å². The largest absolute Gasteiger partial charge is 0.342 e. The van der Waals surface area contributed by atoms with E-state index in [-0.39, 0.29) is 17.6 Å². The molecule has 1 heterocycles. The highest BCUT2D eigenvalue weighted by atomic mass is 32.2. The van der Waals surface area contributed by atoms with E-state index in [4.69, 9.17) is 0 Å². The zero-order valence-corrected chi connectivity index (χ0v) is 16.2. The number of amides is 1. The van der Waals surface area contributed by atoms with Gasteiger partial charge in [0.2, 0.25) is 15.9 Å². The van der Waals surface area contributed by atoms with E-state index in [9.17, 15) is 13.2 Å². The van der Waals surface area contributed by atoms with Crippen molar-refractivity contribution in [3.63, 3.8) is 0 Å². The van der Waals surface area contributed by atoms with Crippen LogP contribution in [-0.2, 0) is 14.8 Å². The van der Waals surface area contributed by atoms with Gasteiger partial charge >= 0.3 is 0 Å². The van der Waals surface area contributed by atoms with Gasteiger partial charge in [-0.05, 0) is 32.1 Å². The van der Waals surface area contributed by atoms with Gasteiger partial charge in [-0.3, -0.25) is 4.79 Å². The van der Waals surface area contributed by atoms with E-state index in [2.05, 4.69) is 0 Å². The van der Waals surface area contributed by atoms with Crippen LogP contribution in [0.15, 0.2) is 0 Å². The molecule has 5 nitrogen and oxygen atoms in total. The van der Waals surface area contributed by atoms with Crippen molar-refractivity contribution in [1.82, 2.24) is 9.21 Å². The van der Waals surface area contributed by atoms with Crippen LogP contribution < -0.4 is 0 Å². The normalized spacial score (nSPS) is 25.0. The van der Waals surface area contributed by atoms with Gasteiger partial charge in [-0.25, -0.2) is 12.7 Å². The third-order valence-corrected chi connectivity index (χ3v) is 7.60.